The Labute approximate surface area is 138 Å². The number of amides is 1. The van der Waals surface area contributed by atoms with Crippen LogP contribution in [0.1, 0.15) is 22.6 Å². The first-order valence-corrected chi connectivity index (χ1v) is 7.75. The fourth-order valence-electron chi connectivity index (χ4n) is 2.79. The van der Waals surface area contributed by atoms with E-state index in [1.807, 2.05) is 25.5 Å². The van der Waals surface area contributed by atoms with Gasteiger partial charge in [0.1, 0.15) is 0 Å². The predicted molar refractivity (Wildman–Crippen MR) is 88.9 cm³/mol. The van der Waals surface area contributed by atoms with Crippen molar-refractivity contribution in [2.75, 3.05) is 6.54 Å². The van der Waals surface area contributed by atoms with Crippen molar-refractivity contribution in [1.82, 2.24) is 29.5 Å². The molecule has 8 heteroatoms. The van der Waals surface area contributed by atoms with Gasteiger partial charge in [0.25, 0.3) is 5.56 Å². The molecule has 3 heterocycles. The van der Waals surface area contributed by atoms with E-state index >= 15 is 0 Å². The molecule has 2 N–H and O–H groups in total. The Morgan fingerprint density at radius 1 is 1.38 bits per heavy atom. The average Bonchev–Trinajstić information content (AvgIpc) is 3.09. The second-order valence-corrected chi connectivity index (χ2v) is 5.85. The molecule has 0 aliphatic heterocycles. The number of carbonyl (C=O) groups excluding carboxylic acids is 1. The van der Waals surface area contributed by atoms with Crippen LogP contribution < -0.4 is 10.9 Å². The summed E-state index contributed by atoms with van der Waals surface area (Å²) in [5.74, 6) is -0.0704. The minimum atomic E-state index is -0.206. The van der Waals surface area contributed by atoms with Crippen LogP contribution in [0.4, 0.5) is 0 Å². The lowest BCUT2D eigenvalue weighted by Gasteiger charge is -2.11. The summed E-state index contributed by atoms with van der Waals surface area (Å²) in [6.45, 7) is 4.27. The van der Waals surface area contributed by atoms with E-state index in [1.165, 1.54) is 6.07 Å². The smallest absolute Gasteiger partial charge is 0.266 e. The monoisotopic (exact) mass is 328 g/mol. The van der Waals surface area contributed by atoms with Gasteiger partial charge in [-0.2, -0.15) is 0 Å². The number of hydrogen-bond acceptors (Lipinski definition) is 4. The Morgan fingerprint density at radius 2 is 2.17 bits per heavy atom. The second kappa shape index (κ2) is 6.31. The number of aromatic amines is 1. The van der Waals surface area contributed by atoms with Gasteiger partial charge < -0.3 is 9.88 Å². The molecule has 0 saturated carbocycles. The topological polar surface area (TPSA) is 97.1 Å². The van der Waals surface area contributed by atoms with Crippen LogP contribution in [-0.2, 0) is 24.7 Å². The maximum Gasteiger partial charge on any atom is 0.266 e. The van der Waals surface area contributed by atoms with Crippen molar-refractivity contribution in [2.24, 2.45) is 7.05 Å². The zero-order valence-corrected chi connectivity index (χ0v) is 14.0. The number of nitrogens with one attached hydrogen (secondary N) is 2. The maximum atomic E-state index is 12.2. The molecule has 126 valence electrons. The van der Waals surface area contributed by atoms with Crippen molar-refractivity contribution in [3.63, 3.8) is 0 Å². The molecule has 0 aromatic carbocycles. The van der Waals surface area contributed by atoms with E-state index in [0.29, 0.717) is 12.2 Å². The molecule has 0 aliphatic rings. The van der Waals surface area contributed by atoms with Crippen LogP contribution in [0, 0.1) is 13.8 Å². The van der Waals surface area contributed by atoms with E-state index in [4.69, 9.17) is 0 Å². The molecule has 0 unspecified atom stereocenters. The lowest BCUT2D eigenvalue weighted by molar-refractivity contribution is -0.120. The fraction of sp³-hybridized carbons (Fsp3) is 0.375. The predicted octanol–water partition coefficient (Wildman–Crippen LogP) is 0.274. The molecular formula is C16H20N6O2. The Balaban J connectivity index is 1.69. The third-order valence-electron chi connectivity index (χ3n) is 4.16. The minimum Gasteiger partial charge on any atom is -0.355 e. The summed E-state index contributed by atoms with van der Waals surface area (Å²) in [7, 11) is 1.93. The molecule has 3 rings (SSSR count). The highest BCUT2D eigenvalue weighted by Gasteiger charge is 2.14. The van der Waals surface area contributed by atoms with E-state index in [2.05, 4.69) is 20.4 Å². The number of hydrogen-bond donors (Lipinski definition) is 2. The van der Waals surface area contributed by atoms with Crippen LogP contribution in [0.15, 0.2) is 23.4 Å². The number of rotatable bonds is 5. The van der Waals surface area contributed by atoms with Gasteiger partial charge in [0.05, 0.1) is 12.7 Å². The Hall–Kier alpha value is -2.90. The van der Waals surface area contributed by atoms with Crippen LogP contribution in [0.25, 0.3) is 5.65 Å². The molecule has 0 atom stereocenters. The van der Waals surface area contributed by atoms with Crippen LogP contribution in [0.3, 0.4) is 0 Å². The summed E-state index contributed by atoms with van der Waals surface area (Å²) in [5.41, 5.74) is 3.83. The fourth-order valence-corrected chi connectivity index (χ4v) is 2.79. The summed E-state index contributed by atoms with van der Waals surface area (Å²) in [6, 6.07) is 1.44. The first-order chi connectivity index (χ1) is 11.5. The van der Waals surface area contributed by atoms with E-state index in [9.17, 15) is 9.59 Å². The highest BCUT2D eigenvalue weighted by molar-refractivity contribution is 5.79. The van der Waals surface area contributed by atoms with Gasteiger partial charge >= 0.3 is 0 Å². The lowest BCUT2D eigenvalue weighted by atomic mass is 10.1. The first-order valence-electron chi connectivity index (χ1n) is 7.75. The summed E-state index contributed by atoms with van der Waals surface area (Å²) >= 11 is 0. The standard InChI is InChI=1S/C16H20N6O2/c1-10-13(11(2)22-14(19-10)7-16(24)20-22)6-15(23)18-5-4-12-8-17-9-21(12)3/h7-9H,4-6H2,1-3H3,(H,18,23)(H,20,24). The van der Waals surface area contributed by atoms with Crippen LogP contribution in [0.5, 0.6) is 0 Å². The van der Waals surface area contributed by atoms with Gasteiger partial charge in [-0.15, -0.1) is 0 Å². The molecule has 0 fully saturated rings. The SMILES string of the molecule is Cc1nc2cc(=O)[nH]n2c(C)c1CC(=O)NCCc1cncn1C. The summed E-state index contributed by atoms with van der Waals surface area (Å²) in [6.07, 6.45) is 4.48. The van der Waals surface area contributed by atoms with Gasteiger partial charge in [-0.05, 0) is 13.8 Å². The molecule has 0 radical (unpaired) electrons. The quantitative estimate of drug-likeness (QED) is 0.703. The molecular weight excluding hydrogens is 308 g/mol. The molecule has 3 aromatic heterocycles. The van der Waals surface area contributed by atoms with Crippen molar-refractivity contribution >= 4 is 11.6 Å². The van der Waals surface area contributed by atoms with Gasteiger partial charge in [0.2, 0.25) is 5.91 Å². The zero-order valence-electron chi connectivity index (χ0n) is 14.0. The van der Waals surface area contributed by atoms with E-state index in [-0.39, 0.29) is 17.9 Å². The summed E-state index contributed by atoms with van der Waals surface area (Å²) in [4.78, 5) is 32.1. The van der Waals surface area contributed by atoms with Crippen LogP contribution in [0.2, 0.25) is 0 Å². The minimum absolute atomic E-state index is 0.0704. The second-order valence-electron chi connectivity index (χ2n) is 5.85. The molecule has 24 heavy (non-hydrogen) atoms. The number of nitrogens with zero attached hydrogens (tertiary/aromatic N) is 4. The number of aryl methyl sites for hydroxylation is 3. The van der Waals surface area contributed by atoms with E-state index in [0.717, 1.165) is 29.1 Å². The Morgan fingerprint density at radius 3 is 2.88 bits per heavy atom. The molecule has 0 bridgehead atoms. The Kier molecular flexibility index (Phi) is 4.20. The van der Waals surface area contributed by atoms with E-state index in [1.54, 1.807) is 17.0 Å². The van der Waals surface area contributed by atoms with Crippen molar-refractivity contribution in [3.05, 3.63) is 51.6 Å². The largest absolute Gasteiger partial charge is 0.355 e. The lowest BCUT2D eigenvalue weighted by Crippen LogP contribution is -2.28. The molecule has 0 aliphatic carbocycles. The number of aromatic nitrogens is 5. The van der Waals surface area contributed by atoms with E-state index < -0.39 is 0 Å². The number of fused-ring (bicyclic) bond motifs is 1. The van der Waals surface area contributed by atoms with Crippen molar-refractivity contribution in [3.8, 4) is 0 Å². The third kappa shape index (κ3) is 3.08. The van der Waals surface area contributed by atoms with Crippen LogP contribution >= 0.6 is 0 Å². The summed E-state index contributed by atoms with van der Waals surface area (Å²) in [5, 5.41) is 5.61. The van der Waals surface area contributed by atoms with Crippen molar-refractivity contribution in [1.29, 1.82) is 0 Å². The van der Waals surface area contributed by atoms with Crippen molar-refractivity contribution < 1.29 is 4.79 Å². The summed E-state index contributed by atoms with van der Waals surface area (Å²) < 4.78 is 3.55. The van der Waals surface area contributed by atoms with Gasteiger partial charge in [-0.3, -0.25) is 14.7 Å². The van der Waals surface area contributed by atoms with Crippen LogP contribution in [-0.4, -0.2) is 36.6 Å². The molecule has 1 amide bonds. The molecule has 8 nitrogen and oxygen atoms in total. The van der Waals surface area contributed by atoms with Gasteiger partial charge in [0, 0.05) is 54.9 Å². The number of imidazole rings is 1. The maximum absolute atomic E-state index is 12.2. The van der Waals surface area contributed by atoms with Gasteiger partial charge in [-0.25, -0.2) is 14.5 Å². The van der Waals surface area contributed by atoms with Crippen molar-refractivity contribution in [2.45, 2.75) is 26.7 Å². The number of H-pyrrole nitrogens is 1. The normalized spacial score (nSPS) is 11.1. The van der Waals surface area contributed by atoms with Gasteiger partial charge in [0.15, 0.2) is 5.65 Å². The average molecular weight is 328 g/mol. The molecule has 3 aromatic rings. The molecule has 0 spiro atoms. The molecule has 0 saturated heterocycles. The Bertz CT molecular complexity index is 949. The zero-order chi connectivity index (χ0) is 17.3. The third-order valence-corrected chi connectivity index (χ3v) is 4.16. The van der Waals surface area contributed by atoms with Gasteiger partial charge in [-0.1, -0.05) is 0 Å². The highest BCUT2D eigenvalue weighted by atomic mass is 16.1. The highest BCUT2D eigenvalue weighted by Crippen LogP contribution is 2.13. The first kappa shape index (κ1) is 16.0. The number of carbonyl (C=O) groups is 1.